The van der Waals surface area contributed by atoms with Gasteiger partial charge in [-0.15, -0.1) is 0 Å². The van der Waals surface area contributed by atoms with Crippen LogP contribution in [-0.4, -0.2) is 44.7 Å². The second-order valence-electron chi connectivity index (χ2n) is 6.47. The summed E-state index contributed by atoms with van der Waals surface area (Å²) in [5.74, 6) is 0.429. The van der Waals surface area contributed by atoms with Gasteiger partial charge in [-0.2, -0.15) is 0 Å². The average molecular weight is 385 g/mol. The maximum atomic E-state index is 12.1. The molecular formula is C21H27N3O4. The van der Waals surface area contributed by atoms with E-state index < -0.39 is 0 Å². The number of carbonyl (C=O) groups excluding carboxylic acids is 2. The van der Waals surface area contributed by atoms with Gasteiger partial charge in [-0.25, -0.2) is 0 Å². The molecule has 0 aliphatic heterocycles. The Morgan fingerprint density at radius 2 is 1.57 bits per heavy atom. The largest absolute Gasteiger partial charge is 0.491 e. The van der Waals surface area contributed by atoms with Crippen LogP contribution >= 0.6 is 0 Å². The first-order valence-corrected chi connectivity index (χ1v) is 9.14. The summed E-state index contributed by atoms with van der Waals surface area (Å²) in [6, 6.07) is 14.2. The van der Waals surface area contributed by atoms with Crippen LogP contribution in [0, 0.1) is 0 Å². The SMILES string of the molecule is COCCOc1ccc(NC(=O)CNc2ccc(C(=O)NC(C)C)cc2)cc1. The van der Waals surface area contributed by atoms with Gasteiger partial charge in [-0.3, -0.25) is 9.59 Å². The van der Waals surface area contributed by atoms with Crippen molar-refractivity contribution in [3.63, 3.8) is 0 Å². The lowest BCUT2D eigenvalue weighted by molar-refractivity contribution is -0.114. The fourth-order valence-corrected chi connectivity index (χ4v) is 2.35. The van der Waals surface area contributed by atoms with Crippen LogP contribution in [0.5, 0.6) is 5.75 Å². The molecule has 0 bridgehead atoms. The molecule has 3 N–H and O–H groups in total. The molecule has 0 unspecified atom stereocenters. The van der Waals surface area contributed by atoms with Crippen LogP contribution in [0.2, 0.25) is 0 Å². The predicted octanol–water partition coefficient (Wildman–Crippen LogP) is 2.90. The molecule has 0 aromatic heterocycles. The Morgan fingerprint density at radius 3 is 2.18 bits per heavy atom. The fraction of sp³-hybridized carbons (Fsp3) is 0.333. The van der Waals surface area contributed by atoms with Crippen molar-refractivity contribution in [2.75, 3.05) is 37.5 Å². The highest BCUT2D eigenvalue weighted by molar-refractivity contribution is 5.95. The quantitative estimate of drug-likeness (QED) is 0.547. The van der Waals surface area contributed by atoms with Gasteiger partial charge in [-0.05, 0) is 62.4 Å². The van der Waals surface area contributed by atoms with Gasteiger partial charge in [0.05, 0.1) is 13.2 Å². The molecule has 7 nitrogen and oxygen atoms in total. The van der Waals surface area contributed by atoms with Crippen LogP contribution in [0.1, 0.15) is 24.2 Å². The number of hydrogen-bond donors (Lipinski definition) is 3. The summed E-state index contributed by atoms with van der Waals surface area (Å²) in [6.07, 6.45) is 0. The van der Waals surface area contributed by atoms with E-state index >= 15 is 0 Å². The zero-order valence-electron chi connectivity index (χ0n) is 16.5. The Morgan fingerprint density at radius 1 is 0.929 bits per heavy atom. The number of amides is 2. The minimum Gasteiger partial charge on any atom is -0.491 e. The van der Waals surface area contributed by atoms with Crippen LogP contribution in [0.15, 0.2) is 48.5 Å². The van der Waals surface area contributed by atoms with E-state index in [1.807, 2.05) is 13.8 Å². The zero-order valence-corrected chi connectivity index (χ0v) is 16.5. The predicted molar refractivity (Wildman–Crippen MR) is 110 cm³/mol. The highest BCUT2D eigenvalue weighted by Gasteiger charge is 2.07. The maximum absolute atomic E-state index is 12.1. The average Bonchev–Trinajstić information content (AvgIpc) is 2.68. The van der Waals surface area contributed by atoms with Gasteiger partial charge in [0.15, 0.2) is 0 Å². The molecule has 2 aromatic carbocycles. The monoisotopic (exact) mass is 385 g/mol. The van der Waals surface area contributed by atoms with E-state index in [1.165, 1.54) is 0 Å². The molecule has 0 saturated carbocycles. The highest BCUT2D eigenvalue weighted by atomic mass is 16.5. The number of rotatable bonds is 10. The van der Waals surface area contributed by atoms with Gasteiger partial charge >= 0.3 is 0 Å². The molecule has 2 amide bonds. The molecule has 0 fully saturated rings. The summed E-state index contributed by atoms with van der Waals surface area (Å²) in [7, 11) is 1.62. The number of hydrogen-bond acceptors (Lipinski definition) is 5. The van der Waals surface area contributed by atoms with E-state index in [9.17, 15) is 9.59 Å². The minimum absolute atomic E-state index is 0.0833. The molecule has 150 valence electrons. The van der Waals surface area contributed by atoms with Crippen molar-refractivity contribution in [3.05, 3.63) is 54.1 Å². The van der Waals surface area contributed by atoms with Crippen molar-refractivity contribution in [2.24, 2.45) is 0 Å². The van der Waals surface area contributed by atoms with E-state index in [1.54, 1.807) is 55.6 Å². The summed E-state index contributed by atoms with van der Waals surface area (Å²) in [5.41, 5.74) is 2.03. The third-order valence-corrected chi connectivity index (χ3v) is 3.71. The van der Waals surface area contributed by atoms with E-state index in [-0.39, 0.29) is 24.4 Å². The van der Waals surface area contributed by atoms with Crippen molar-refractivity contribution in [1.82, 2.24) is 5.32 Å². The van der Waals surface area contributed by atoms with Gasteiger partial charge in [0.2, 0.25) is 5.91 Å². The Bertz CT molecular complexity index is 758. The first-order valence-electron chi connectivity index (χ1n) is 9.14. The molecule has 0 heterocycles. The molecule has 2 rings (SSSR count). The molecule has 0 atom stereocenters. The third kappa shape index (κ3) is 7.28. The number of methoxy groups -OCH3 is 1. The minimum atomic E-state index is -0.172. The lowest BCUT2D eigenvalue weighted by atomic mass is 10.2. The second kappa shape index (κ2) is 10.9. The van der Waals surface area contributed by atoms with E-state index in [0.29, 0.717) is 24.5 Å². The number of ether oxygens (including phenoxy) is 2. The Balaban J connectivity index is 1.78. The van der Waals surface area contributed by atoms with Gasteiger partial charge < -0.3 is 25.4 Å². The first kappa shape index (κ1) is 21.2. The standard InChI is InChI=1S/C21H27N3O4/c1-15(2)23-21(26)16-4-6-17(7-5-16)22-14-20(25)24-18-8-10-19(11-9-18)28-13-12-27-3/h4-11,15,22H,12-14H2,1-3H3,(H,23,26)(H,24,25). The number of nitrogens with one attached hydrogen (secondary N) is 3. The molecule has 7 heteroatoms. The zero-order chi connectivity index (χ0) is 20.4. The fourth-order valence-electron chi connectivity index (χ4n) is 2.35. The van der Waals surface area contributed by atoms with Gasteiger partial charge in [0.1, 0.15) is 12.4 Å². The van der Waals surface area contributed by atoms with Crippen molar-refractivity contribution in [2.45, 2.75) is 19.9 Å². The molecule has 2 aromatic rings. The number of anilines is 2. The summed E-state index contributed by atoms with van der Waals surface area (Å²) in [5, 5.41) is 8.68. The van der Waals surface area contributed by atoms with Crippen molar-refractivity contribution in [1.29, 1.82) is 0 Å². The molecule has 0 saturated heterocycles. The summed E-state index contributed by atoms with van der Waals surface area (Å²) < 4.78 is 10.4. The molecular weight excluding hydrogens is 358 g/mol. The van der Waals surface area contributed by atoms with Gasteiger partial charge in [0.25, 0.3) is 5.91 Å². The van der Waals surface area contributed by atoms with Crippen molar-refractivity contribution in [3.8, 4) is 5.75 Å². The molecule has 0 spiro atoms. The lowest BCUT2D eigenvalue weighted by Crippen LogP contribution is -2.30. The third-order valence-electron chi connectivity index (χ3n) is 3.71. The Labute approximate surface area is 165 Å². The normalized spacial score (nSPS) is 10.4. The molecule has 0 aliphatic carbocycles. The second-order valence-corrected chi connectivity index (χ2v) is 6.47. The van der Waals surface area contributed by atoms with Crippen molar-refractivity contribution >= 4 is 23.2 Å². The van der Waals surface area contributed by atoms with E-state index in [0.717, 1.165) is 11.4 Å². The van der Waals surface area contributed by atoms with Gasteiger partial charge in [-0.1, -0.05) is 0 Å². The van der Waals surface area contributed by atoms with Gasteiger partial charge in [0, 0.05) is 30.1 Å². The molecule has 0 aliphatic rings. The maximum Gasteiger partial charge on any atom is 0.251 e. The Kier molecular flexibility index (Phi) is 8.30. The van der Waals surface area contributed by atoms with Crippen LogP contribution in [0.3, 0.4) is 0 Å². The topological polar surface area (TPSA) is 88.7 Å². The summed E-state index contributed by atoms with van der Waals surface area (Å²) in [6.45, 7) is 4.93. The van der Waals surface area contributed by atoms with E-state index in [4.69, 9.17) is 9.47 Å². The number of benzene rings is 2. The molecule has 0 radical (unpaired) electrons. The van der Waals surface area contributed by atoms with E-state index in [2.05, 4.69) is 16.0 Å². The smallest absolute Gasteiger partial charge is 0.251 e. The number of carbonyl (C=O) groups is 2. The van der Waals surface area contributed by atoms with Crippen LogP contribution in [-0.2, 0) is 9.53 Å². The highest BCUT2D eigenvalue weighted by Crippen LogP contribution is 2.16. The Hall–Kier alpha value is -3.06. The van der Waals surface area contributed by atoms with Crippen LogP contribution < -0.4 is 20.7 Å². The molecule has 28 heavy (non-hydrogen) atoms. The summed E-state index contributed by atoms with van der Waals surface area (Å²) in [4.78, 5) is 24.0. The van der Waals surface area contributed by atoms with Crippen LogP contribution in [0.4, 0.5) is 11.4 Å². The summed E-state index contributed by atoms with van der Waals surface area (Å²) >= 11 is 0. The first-order chi connectivity index (χ1) is 13.5. The van der Waals surface area contributed by atoms with Crippen molar-refractivity contribution < 1.29 is 19.1 Å². The lowest BCUT2D eigenvalue weighted by Gasteiger charge is -2.11. The van der Waals surface area contributed by atoms with Crippen LogP contribution in [0.25, 0.3) is 0 Å².